The van der Waals surface area contributed by atoms with Crippen LogP contribution in [0.2, 0.25) is 0 Å². The number of fused-ring (bicyclic) bond motifs is 1. The van der Waals surface area contributed by atoms with E-state index in [9.17, 15) is 4.79 Å². The average Bonchev–Trinajstić information content (AvgIpc) is 2.37. The highest BCUT2D eigenvalue weighted by atomic mass is 16.5. The molecule has 1 aliphatic heterocycles. The molecule has 104 valence electrons. The number of hydrogen-bond acceptors (Lipinski definition) is 3. The Morgan fingerprint density at radius 1 is 1.20 bits per heavy atom. The maximum Gasteiger partial charge on any atom is 0.256 e. The third-order valence-corrected chi connectivity index (χ3v) is 3.74. The number of aromatic nitrogens is 2. The Morgan fingerprint density at radius 2 is 1.90 bits per heavy atom. The van der Waals surface area contributed by atoms with Gasteiger partial charge < -0.3 is 9.72 Å². The summed E-state index contributed by atoms with van der Waals surface area (Å²) >= 11 is 0. The number of ether oxygens (including phenoxy) is 1. The van der Waals surface area contributed by atoms with Crippen molar-refractivity contribution in [1.29, 1.82) is 0 Å². The normalized spacial score (nSPS) is 14.2. The van der Waals surface area contributed by atoms with Crippen LogP contribution in [0.1, 0.15) is 27.9 Å². The van der Waals surface area contributed by atoms with E-state index in [1.54, 1.807) is 0 Å². The minimum Gasteiger partial charge on any atom is -0.376 e. The monoisotopic (exact) mass is 270 g/mol. The van der Waals surface area contributed by atoms with Crippen molar-refractivity contribution in [2.45, 2.75) is 33.8 Å². The van der Waals surface area contributed by atoms with Crippen molar-refractivity contribution in [2.75, 3.05) is 6.61 Å². The van der Waals surface area contributed by atoms with Gasteiger partial charge in [0.15, 0.2) is 0 Å². The van der Waals surface area contributed by atoms with Crippen molar-refractivity contribution in [2.24, 2.45) is 0 Å². The molecule has 20 heavy (non-hydrogen) atoms. The summed E-state index contributed by atoms with van der Waals surface area (Å²) in [5, 5.41) is 0. The van der Waals surface area contributed by atoms with Gasteiger partial charge in [-0.15, -0.1) is 0 Å². The van der Waals surface area contributed by atoms with Gasteiger partial charge in [0.1, 0.15) is 5.82 Å². The summed E-state index contributed by atoms with van der Waals surface area (Å²) in [5.41, 5.74) is 5.98. The number of H-pyrrole nitrogens is 1. The third kappa shape index (κ3) is 2.16. The van der Waals surface area contributed by atoms with E-state index in [-0.39, 0.29) is 5.56 Å². The molecule has 4 heteroatoms. The topological polar surface area (TPSA) is 55.0 Å². The van der Waals surface area contributed by atoms with Gasteiger partial charge in [0.05, 0.1) is 24.5 Å². The van der Waals surface area contributed by atoms with Gasteiger partial charge >= 0.3 is 0 Å². The van der Waals surface area contributed by atoms with E-state index < -0.39 is 0 Å². The summed E-state index contributed by atoms with van der Waals surface area (Å²) in [6.07, 6.45) is 0.705. The minimum atomic E-state index is -0.0796. The lowest BCUT2D eigenvalue weighted by Crippen LogP contribution is -2.24. The van der Waals surface area contributed by atoms with Crippen molar-refractivity contribution in [1.82, 2.24) is 9.97 Å². The smallest absolute Gasteiger partial charge is 0.256 e. The van der Waals surface area contributed by atoms with Gasteiger partial charge in [-0.05, 0) is 31.9 Å². The molecule has 0 radical (unpaired) electrons. The molecular weight excluding hydrogens is 252 g/mol. The van der Waals surface area contributed by atoms with Crippen molar-refractivity contribution >= 4 is 0 Å². The summed E-state index contributed by atoms with van der Waals surface area (Å²) in [4.78, 5) is 19.7. The molecule has 1 aliphatic rings. The van der Waals surface area contributed by atoms with Crippen LogP contribution in [-0.4, -0.2) is 16.6 Å². The molecule has 0 spiro atoms. The largest absolute Gasteiger partial charge is 0.376 e. The molecule has 0 amide bonds. The number of rotatable bonds is 1. The average molecular weight is 270 g/mol. The van der Waals surface area contributed by atoms with Crippen LogP contribution in [-0.2, 0) is 17.8 Å². The van der Waals surface area contributed by atoms with Crippen LogP contribution in [0.15, 0.2) is 16.9 Å². The molecule has 0 unspecified atom stereocenters. The van der Waals surface area contributed by atoms with Gasteiger partial charge in [-0.2, -0.15) is 0 Å². The number of aryl methyl sites for hydroxylation is 3. The quantitative estimate of drug-likeness (QED) is 0.866. The first-order valence-corrected chi connectivity index (χ1v) is 6.84. The second-order valence-electron chi connectivity index (χ2n) is 5.42. The van der Waals surface area contributed by atoms with Crippen molar-refractivity contribution in [3.8, 4) is 11.4 Å². The lowest BCUT2D eigenvalue weighted by atomic mass is 9.99. The van der Waals surface area contributed by atoms with E-state index in [4.69, 9.17) is 4.74 Å². The number of aromatic amines is 1. The summed E-state index contributed by atoms with van der Waals surface area (Å²) in [7, 11) is 0. The van der Waals surface area contributed by atoms with Crippen LogP contribution in [0.5, 0.6) is 0 Å². The molecule has 4 nitrogen and oxygen atoms in total. The highest BCUT2D eigenvalue weighted by Gasteiger charge is 2.18. The molecular formula is C16H18N2O2. The first-order valence-electron chi connectivity index (χ1n) is 6.84. The lowest BCUT2D eigenvalue weighted by Gasteiger charge is -2.17. The van der Waals surface area contributed by atoms with Crippen LogP contribution in [0.25, 0.3) is 11.4 Å². The molecule has 2 heterocycles. The lowest BCUT2D eigenvalue weighted by molar-refractivity contribution is 0.108. The Hall–Kier alpha value is -1.94. The summed E-state index contributed by atoms with van der Waals surface area (Å²) in [6, 6.07) is 4.23. The Kier molecular flexibility index (Phi) is 3.18. The molecule has 1 N–H and O–H groups in total. The van der Waals surface area contributed by atoms with E-state index in [0.29, 0.717) is 31.0 Å². The van der Waals surface area contributed by atoms with Gasteiger partial charge in [-0.1, -0.05) is 17.7 Å². The number of nitrogens with one attached hydrogen (secondary N) is 1. The molecule has 1 aromatic heterocycles. The van der Waals surface area contributed by atoms with Crippen molar-refractivity contribution < 1.29 is 4.74 Å². The predicted octanol–water partition coefficient (Wildman–Crippen LogP) is 2.43. The Balaban J connectivity index is 2.21. The molecule has 1 aromatic carbocycles. The Morgan fingerprint density at radius 3 is 2.60 bits per heavy atom. The molecule has 0 saturated heterocycles. The van der Waals surface area contributed by atoms with Crippen molar-refractivity contribution in [3.63, 3.8) is 0 Å². The Bertz CT molecular complexity index is 709. The van der Waals surface area contributed by atoms with Crippen LogP contribution in [0.3, 0.4) is 0 Å². The molecule has 0 aliphatic carbocycles. The molecule has 3 rings (SSSR count). The van der Waals surface area contributed by atoms with Crippen LogP contribution in [0.4, 0.5) is 0 Å². The minimum absolute atomic E-state index is 0.0796. The van der Waals surface area contributed by atoms with E-state index in [0.717, 1.165) is 22.4 Å². The second-order valence-corrected chi connectivity index (χ2v) is 5.42. The maximum absolute atomic E-state index is 12.2. The highest BCUT2D eigenvalue weighted by Crippen LogP contribution is 2.26. The van der Waals surface area contributed by atoms with Crippen LogP contribution in [0, 0.1) is 20.8 Å². The van der Waals surface area contributed by atoms with Gasteiger partial charge in [0, 0.05) is 12.0 Å². The maximum atomic E-state index is 12.2. The second kappa shape index (κ2) is 4.87. The third-order valence-electron chi connectivity index (χ3n) is 3.74. The van der Waals surface area contributed by atoms with Crippen molar-refractivity contribution in [3.05, 3.63) is 50.4 Å². The molecule has 2 aromatic rings. The fourth-order valence-electron chi connectivity index (χ4n) is 2.92. The van der Waals surface area contributed by atoms with Gasteiger partial charge in [0.25, 0.3) is 5.56 Å². The molecule has 0 saturated carbocycles. The number of nitrogens with zero attached hydrogens (tertiary/aromatic N) is 1. The van der Waals surface area contributed by atoms with E-state index in [1.807, 2.05) is 0 Å². The number of benzene rings is 1. The standard InChI is InChI=1S/C16H18N2O2/c1-9-6-10(2)14(11(3)7-9)15-17-13-4-5-20-8-12(13)16(19)18-15/h6-7H,4-5,8H2,1-3H3,(H,17,18,19). The van der Waals surface area contributed by atoms with Crippen LogP contribution >= 0.6 is 0 Å². The van der Waals surface area contributed by atoms with Gasteiger partial charge in [-0.25, -0.2) is 4.98 Å². The molecule has 0 fully saturated rings. The first-order chi connectivity index (χ1) is 9.56. The summed E-state index contributed by atoms with van der Waals surface area (Å²) in [5.74, 6) is 0.672. The summed E-state index contributed by atoms with van der Waals surface area (Å²) in [6.45, 7) is 7.18. The zero-order valence-corrected chi connectivity index (χ0v) is 12.0. The summed E-state index contributed by atoms with van der Waals surface area (Å²) < 4.78 is 5.33. The Labute approximate surface area is 117 Å². The van der Waals surface area contributed by atoms with E-state index in [1.165, 1.54) is 5.56 Å². The fraction of sp³-hybridized carbons (Fsp3) is 0.375. The van der Waals surface area contributed by atoms with Gasteiger partial charge in [0.2, 0.25) is 0 Å². The SMILES string of the molecule is Cc1cc(C)c(-c2nc3c(c(=O)[nH]2)COCC3)c(C)c1. The zero-order chi connectivity index (χ0) is 14.3. The molecule has 0 atom stereocenters. The fourth-order valence-corrected chi connectivity index (χ4v) is 2.92. The van der Waals surface area contributed by atoms with E-state index >= 15 is 0 Å². The molecule has 0 bridgehead atoms. The van der Waals surface area contributed by atoms with Crippen LogP contribution < -0.4 is 5.56 Å². The predicted molar refractivity (Wildman–Crippen MR) is 77.9 cm³/mol. The number of hydrogen-bond donors (Lipinski definition) is 1. The zero-order valence-electron chi connectivity index (χ0n) is 12.0. The first kappa shape index (κ1) is 13.1. The van der Waals surface area contributed by atoms with Gasteiger partial charge in [-0.3, -0.25) is 4.79 Å². The highest BCUT2D eigenvalue weighted by molar-refractivity contribution is 5.65. The van der Waals surface area contributed by atoms with E-state index in [2.05, 4.69) is 42.9 Å².